The molecule has 19 heavy (non-hydrogen) atoms. The number of rotatable bonds is 3. The Bertz CT molecular complexity index is 288. The zero-order valence-electron chi connectivity index (χ0n) is 12.1. The molecular formula is C16H29NO2. The van der Waals surface area contributed by atoms with Gasteiger partial charge in [-0.25, -0.2) is 0 Å². The Labute approximate surface area is 117 Å². The summed E-state index contributed by atoms with van der Waals surface area (Å²) in [6.45, 7) is 0.791. The van der Waals surface area contributed by atoms with Gasteiger partial charge >= 0.3 is 0 Å². The summed E-state index contributed by atoms with van der Waals surface area (Å²) in [5.41, 5.74) is 6.24. The van der Waals surface area contributed by atoms with Crippen molar-refractivity contribution < 1.29 is 9.47 Å². The molecule has 3 nitrogen and oxygen atoms in total. The minimum Gasteiger partial charge on any atom is -0.375 e. The maximum atomic E-state index is 6.35. The fraction of sp³-hybridized carbons (Fsp3) is 1.00. The van der Waals surface area contributed by atoms with Crippen molar-refractivity contribution in [2.45, 2.75) is 94.5 Å². The molecule has 0 aromatic heterocycles. The molecule has 3 unspecified atom stereocenters. The molecule has 3 rings (SSSR count). The Kier molecular flexibility index (Phi) is 4.45. The first-order chi connectivity index (χ1) is 9.26. The average Bonchev–Trinajstić information content (AvgIpc) is 2.80. The molecule has 3 fully saturated rings. The summed E-state index contributed by atoms with van der Waals surface area (Å²) in [5, 5.41) is 0. The highest BCUT2D eigenvalue weighted by molar-refractivity contribution is 4.91. The third-order valence-electron chi connectivity index (χ3n) is 5.29. The van der Waals surface area contributed by atoms with E-state index in [0.717, 1.165) is 13.0 Å². The first-order valence-electron chi connectivity index (χ1n) is 8.31. The third kappa shape index (κ3) is 3.50. The van der Waals surface area contributed by atoms with Gasteiger partial charge in [-0.05, 0) is 51.4 Å². The van der Waals surface area contributed by atoms with Crippen LogP contribution >= 0.6 is 0 Å². The Morgan fingerprint density at radius 2 is 1.84 bits per heavy atom. The van der Waals surface area contributed by atoms with E-state index >= 15 is 0 Å². The fourth-order valence-corrected chi connectivity index (χ4v) is 4.15. The molecule has 3 aliphatic rings. The molecule has 1 spiro atoms. The molecule has 0 aromatic carbocycles. The van der Waals surface area contributed by atoms with Crippen LogP contribution in [0.25, 0.3) is 0 Å². The van der Waals surface area contributed by atoms with Gasteiger partial charge in [-0.2, -0.15) is 0 Å². The van der Waals surface area contributed by atoms with Crippen molar-refractivity contribution >= 4 is 0 Å². The van der Waals surface area contributed by atoms with Crippen LogP contribution in [-0.2, 0) is 9.47 Å². The van der Waals surface area contributed by atoms with E-state index in [2.05, 4.69) is 0 Å². The van der Waals surface area contributed by atoms with E-state index in [4.69, 9.17) is 15.2 Å². The van der Waals surface area contributed by atoms with Crippen LogP contribution in [-0.4, -0.2) is 30.5 Å². The van der Waals surface area contributed by atoms with E-state index in [1.54, 1.807) is 0 Å². The largest absolute Gasteiger partial charge is 0.375 e. The zero-order chi connectivity index (χ0) is 13.1. The number of ether oxygens (including phenoxy) is 2. The van der Waals surface area contributed by atoms with Crippen molar-refractivity contribution in [3.05, 3.63) is 0 Å². The van der Waals surface area contributed by atoms with Crippen molar-refractivity contribution in [2.75, 3.05) is 6.61 Å². The van der Waals surface area contributed by atoms with Crippen molar-refractivity contribution in [1.29, 1.82) is 0 Å². The molecule has 1 saturated heterocycles. The molecule has 3 atom stereocenters. The lowest BCUT2D eigenvalue weighted by Crippen LogP contribution is -2.35. The second-order valence-electron chi connectivity index (χ2n) is 6.90. The first kappa shape index (κ1) is 13.8. The SMILES string of the molecule is NC1CCCC(OCC2CCC3(CCCCC3)O2)C1. The smallest absolute Gasteiger partial charge is 0.0817 e. The van der Waals surface area contributed by atoms with E-state index in [1.807, 2.05) is 0 Å². The van der Waals surface area contributed by atoms with Crippen LogP contribution in [0.3, 0.4) is 0 Å². The summed E-state index contributed by atoms with van der Waals surface area (Å²) in [6, 6.07) is 0.355. The van der Waals surface area contributed by atoms with Gasteiger partial charge in [0.15, 0.2) is 0 Å². The molecule has 1 heterocycles. The molecule has 0 bridgehead atoms. The van der Waals surface area contributed by atoms with E-state index in [1.165, 1.54) is 64.2 Å². The standard InChI is InChI=1S/C16H29NO2/c17-13-5-4-6-14(11-13)18-12-15-7-10-16(19-15)8-2-1-3-9-16/h13-15H,1-12,17H2. The van der Waals surface area contributed by atoms with Crippen LogP contribution in [0, 0.1) is 0 Å². The highest BCUT2D eigenvalue weighted by Gasteiger charge is 2.40. The Hall–Kier alpha value is -0.120. The third-order valence-corrected chi connectivity index (χ3v) is 5.29. The molecule has 2 N–H and O–H groups in total. The Morgan fingerprint density at radius 3 is 2.63 bits per heavy atom. The lowest BCUT2D eigenvalue weighted by atomic mass is 9.83. The van der Waals surface area contributed by atoms with Crippen molar-refractivity contribution in [3.63, 3.8) is 0 Å². The normalized spacial score (nSPS) is 38.7. The van der Waals surface area contributed by atoms with Crippen LogP contribution in [0.1, 0.15) is 70.6 Å². The van der Waals surface area contributed by atoms with E-state index in [-0.39, 0.29) is 5.60 Å². The summed E-state index contributed by atoms with van der Waals surface area (Å²) in [5.74, 6) is 0. The zero-order valence-corrected chi connectivity index (χ0v) is 12.1. The minimum absolute atomic E-state index is 0.231. The van der Waals surface area contributed by atoms with Gasteiger partial charge in [-0.15, -0.1) is 0 Å². The second kappa shape index (κ2) is 6.11. The molecule has 110 valence electrons. The van der Waals surface area contributed by atoms with Gasteiger partial charge in [0.1, 0.15) is 0 Å². The first-order valence-corrected chi connectivity index (χ1v) is 8.31. The quantitative estimate of drug-likeness (QED) is 0.854. The minimum atomic E-state index is 0.231. The second-order valence-corrected chi connectivity index (χ2v) is 6.90. The number of nitrogens with two attached hydrogens (primary N) is 1. The maximum absolute atomic E-state index is 6.35. The Balaban J connectivity index is 1.41. The van der Waals surface area contributed by atoms with Gasteiger partial charge in [0.2, 0.25) is 0 Å². The van der Waals surface area contributed by atoms with Gasteiger partial charge in [-0.3, -0.25) is 0 Å². The summed E-state index contributed by atoms with van der Waals surface area (Å²) in [6.07, 6.45) is 14.4. The van der Waals surface area contributed by atoms with Crippen molar-refractivity contribution in [1.82, 2.24) is 0 Å². The summed E-state index contributed by atoms with van der Waals surface area (Å²) in [7, 11) is 0. The van der Waals surface area contributed by atoms with Gasteiger partial charge in [-0.1, -0.05) is 19.3 Å². The highest BCUT2D eigenvalue weighted by atomic mass is 16.6. The number of hydrogen-bond acceptors (Lipinski definition) is 3. The molecule has 1 aliphatic heterocycles. The molecule has 2 aliphatic carbocycles. The fourth-order valence-electron chi connectivity index (χ4n) is 4.15. The van der Waals surface area contributed by atoms with Crippen LogP contribution < -0.4 is 5.73 Å². The summed E-state index contributed by atoms with van der Waals surface area (Å²) < 4.78 is 12.4. The predicted octanol–water partition coefficient (Wildman–Crippen LogP) is 3.15. The molecule has 3 heteroatoms. The average molecular weight is 267 g/mol. The Morgan fingerprint density at radius 1 is 1.00 bits per heavy atom. The van der Waals surface area contributed by atoms with E-state index < -0.39 is 0 Å². The van der Waals surface area contributed by atoms with Gasteiger partial charge in [0.05, 0.1) is 24.4 Å². The predicted molar refractivity (Wildman–Crippen MR) is 76.1 cm³/mol. The van der Waals surface area contributed by atoms with Crippen LogP contribution in [0.15, 0.2) is 0 Å². The maximum Gasteiger partial charge on any atom is 0.0817 e. The van der Waals surface area contributed by atoms with Gasteiger partial charge in [0, 0.05) is 6.04 Å². The van der Waals surface area contributed by atoms with Crippen LogP contribution in [0.4, 0.5) is 0 Å². The van der Waals surface area contributed by atoms with Gasteiger partial charge < -0.3 is 15.2 Å². The number of hydrogen-bond donors (Lipinski definition) is 1. The summed E-state index contributed by atoms with van der Waals surface area (Å²) >= 11 is 0. The monoisotopic (exact) mass is 267 g/mol. The van der Waals surface area contributed by atoms with E-state index in [9.17, 15) is 0 Å². The molecular weight excluding hydrogens is 238 g/mol. The topological polar surface area (TPSA) is 44.5 Å². The molecule has 0 amide bonds. The van der Waals surface area contributed by atoms with Crippen molar-refractivity contribution in [2.24, 2.45) is 5.73 Å². The van der Waals surface area contributed by atoms with Crippen molar-refractivity contribution in [3.8, 4) is 0 Å². The summed E-state index contributed by atoms with van der Waals surface area (Å²) in [4.78, 5) is 0. The van der Waals surface area contributed by atoms with E-state index in [0.29, 0.717) is 18.2 Å². The van der Waals surface area contributed by atoms with Crippen LogP contribution in [0.2, 0.25) is 0 Å². The molecule has 2 saturated carbocycles. The molecule has 0 radical (unpaired) electrons. The lowest BCUT2D eigenvalue weighted by Gasteiger charge is -2.33. The highest BCUT2D eigenvalue weighted by Crippen LogP contribution is 2.42. The van der Waals surface area contributed by atoms with Gasteiger partial charge in [0.25, 0.3) is 0 Å². The lowest BCUT2D eigenvalue weighted by molar-refractivity contribution is -0.102. The van der Waals surface area contributed by atoms with Crippen LogP contribution in [0.5, 0.6) is 0 Å². The molecule has 0 aromatic rings.